The minimum absolute atomic E-state index is 0.833. The fourth-order valence-corrected chi connectivity index (χ4v) is 2.69. The molecule has 1 saturated heterocycles. The van der Waals surface area contributed by atoms with E-state index in [1.165, 1.54) is 4.90 Å². The first-order valence-electron chi connectivity index (χ1n) is 5.36. The van der Waals surface area contributed by atoms with Crippen LogP contribution in [0.1, 0.15) is 0 Å². The van der Waals surface area contributed by atoms with Crippen LogP contribution in [0.2, 0.25) is 0 Å². The fourth-order valence-electron chi connectivity index (χ4n) is 1.76. The van der Waals surface area contributed by atoms with Crippen molar-refractivity contribution in [3.8, 4) is 0 Å². The molecule has 1 fully saturated rings. The number of fused-ring (bicyclic) bond motifs is 1. The number of nitrogens with zero attached hydrogens (tertiary/aromatic N) is 2. The molecule has 2 aromatic rings. The zero-order chi connectivity index (χ0) is 10.8. The van der Waals surface area contributed by atoms with Gasteiger partial charge in [-0.25, -0.2) is 9.29 Å². The third-order valence-electron chi connectivity index (χ3n) is 2.60. The van der Waals surface area contributed by atoms with Gasteiger partial charge in [-0.15, -0.1) is 0 Å². The third-order valence-corrected chi connectivity index (χ3v) is 3.68. The number of aromatic amines is 1. The summed E-state index contributed by atoms with van der Waals surface area (Å²) in [6.45, 7) is 3.65. The van der Waals surface area contributed by atoms with Crippen LogP contribution in [0.3, 0.4) is 0 Å². The normalized spacial score (nSPS) is 18.0. The van der Waals surface area contributed by atoms with Gasteiger partial charge in [0, 0.05) is 18.0 Å². The SMILES string of the molecule is c1nc2ccc(SN3CCOCC3)cc2[nH]1. The van der Waals surface area contributed by atoms with Crippen molar-refractivity contribution in [3.05, 3.63) is 24.5 Å². The number of morpholine rings is 1. The van der Waals surface area contributed by atoms with E-state index in [1.807, 2.05) is 0 Å². The van der Waals surface area contributed by atoms with Gasteiger partial charge in [-0.1, -0.05) is 0 Å². The molecule has 0 atom stereocenters. The van der Waals surface area contributed by atoms with Crippen molar-refractivity contribution < 1.29 is 4.74 Å². The molecule has 84 valence electrons. The summed E-state index contributed by atoms with van der Waals surface area (Å²) in [6, 6.07) is 6.31. The molecule has 0 aliphatic carbocycles. The number of hydrogen-bond acceptors (Lipinski definition) is 4. The van der Waals surface area contributed by atoms with Gasteiger partial charge < -0.3 is 9.72 Å². The topological polar surface area (TPSA) is 41.2 Å². The Balaban J connectivity index is 1.77. The quantitative estimate of drug-likeness (QED) is 0.807. The van der Waals surface area contributed by atoms with Crippen LogP contribution >= 0.6 is 11.9 Å². The largest absolute Gasteiger partial charge is 0.379 e. The highest BCUT2D eigenvalue weighted by molar-refractivity contribution is 7.97. The van der Waals surface area contributed by atoms with Gasteiger partial charge in [0.1, 0.15) is 0 Å². The summed E-state index contributed by atoms with van der Waals surface area (Å²) < 4.78 is 7.66. The Morgan fingerprint density at radius 1 is 1.31 bits per heavy atom. The molecule has 1 aromatic heterocycles. The van der Waals surface area contributed by atoms with Crippen molar-refractivity contribution in [2.45, 2.75) is 4.90 Å². The molecule has 0 radical (unpaired) electrons. The zero-order valence-corrected chi connectivity index (χ0v) is 9.67. The Hall–Kier alpha value is -1.04. The molecule has 1 aliphatic rings. The average Bonchev–Trinajstić information content (AvgIpc) is 2.77. The van der Waals surface area contributed by atoms with Gasteiger partial charge in [-0.05, 0) is 30.1 Å². The summed E-state index contributed by atoms with van der Waals surface area (Å²) in [5.41, 5.74) is 2.12. The molecule has 0 saturated carbocycles. The molecule has 16 heavy (non-hydrogen) atoms. The molecule has 1 N–H and O–H groups in total. The lowest BCUT2D eigenvalue weighted by atomic mass is 10.3. The Kier molecular flexibility index (Phi) is 2.82. The zero-order valence-electron chi connectivity index (χ0n) is 8.85. The molecule has 0 spiro atoms. The number of benzene rings is 1. The van der Waals surface area contributed by atoms with Crippen molar-refractivity contribution in [3.63, 3.8) is 0 Å². The van der Waals surface area contributed by atoms with E-state index in [9.17, 15) is 0 Å². The Bertz CT molecular complexity index is 479. The van der Waals surface area contributed by atoms with E-state index in [1.54, 1.807) is 18.3 Å². The van der Waals surface area contributed by atoms with Crippen molar-refractivity contribution in [2.75, 3.05) is 26.3 Å². The van der Waals surface area contributed by atoms with Crippen molar-refractivity contribution in [1.82, 2.24) is 14.3 Å². The summed E-state index contributed by atoms with van der Waals surface area (Å²) in [5, 5.41) is 0. The number of nitrogens with one attached hydrogen (secondary N) is 1. The highest BCUT2D eigenvalue weighted by atomic mass is 32.2. The molecular weight excluding hydrogens is 222 g/mol. The summed E-state index contributed by atoms with van der Waals surface area (Å²) in [5.74, 6) is 0. The molecule has 3 rings (SSSR count). The van der Waals surface area contributed by atoms with E-state index < -0.39 is 0 Å². The van der Waals surface area contributed by atoms with Gasteiger partial charge in [0.25, 0.3) is 0 Å². The number of imidazole rings is 1. The van der Waals surface area contributed by atoms with Crippen molar-refractivity contribution >= 4 is 23.0 Å². The van der Waals surface area contributed by atoms with Crippen molar-refractivity contribution in [2.24, 2.45) is 0 Å². The summed E-state index contributed by atoms with van der Waals surface area (Å²) in [7, 11) is 0. The maximum Gasteiger partial charge on any atom is 0.0931 e. The Labute approximate surface area is 98.1 Å². The first kappa shape index (κ1) is 10.1. The van der Waals surface area contributed by atoms with E-state index in [2.05, 4.69) is 32.5 Å². The maximum absolute atomic E-state index is 5.32. The predicted molar refractivity (Wildman–Crippen MR) is 64.3 cm³/mol. The van der Waals surface area contributed by atoms with E-state index in [0.717, 1.165) is 37.3 Å². The number of ether oxygens (including phenoxy) is 1. The van der Waals surface area contributed by atoms with Crippen molar-refractivity contribution in [1.29, 1.82) is 0 Å². The van der Waals surface area contributed by atoms with Gasteiger partial charge in [0.15, 0.2) is 0 Å². The molecule has 0 amide bonds. The second kappa shape index (κ2) is 4.45. The molecule has 4 nitrogen and oxygen atoms in total. The summed E-state index contributed by atoms with van der Waals surface area (Å²) >= 11 is 1.79. The third kappa shape index (κ3) is 2.07. The number of rotatable bonds is 2. The standard InChI is InChI=1S/C11H13N3OS/c1-2-10-11(13-8-12-10)7-9(1)16-14-3-5-15-6-4-14/h1-2,7-8H,3-6H2,(H,12,13). The predicted octanol–water partition coefficient (Wildman–Crippen LogP) is 1.90. The number of hydrogen-bond donors (Lipinski definition) is 1. The average molecular weight is 235 g/mol. The van der Waals surface area contributed by atoms with Crippen LogP contribution in [0.25, 0.3) is 11.0 Å². The Morgan fingerprint density at radius 2 is 2.19 bits per heavy atom. The molecule has 1 aromatic carbocycles. The fraction of sp³-hybridized carbons (Fsp3) is 0.364. The van der Waals surface area contributed by atoms with Crippen LogP contribution < -0.4 is 0 Å². The molecule has 5 heteroatoms. The summed E-state index contributed by atoms with van der Waals surface area (Å²) in [4.78, 5) is 8.59. The minimum Gasteiger partial charge on any atom is -0.379 e. The van der Waals surface area contributed by atoms with Crippen LogP contribution in [0.15, 0.2) is 29.4 Å². The maximum atomic E-state index is 5.32. The molecule has 1 aliphatic heterocycles. The van der Waals surface area contributed by atoms with E-state index in [0.29, 0.717) is 0 Å². The lowest BCUT2D eigenvalue weighted by molar-refractivity contribution is 0.0773. The van der Waals surface area contributed by atoms with Gasteiger partial charge >= 0.3 is 0 Å². The highest BCUT2D eigenvalue weighted by Gasteiger charge is 2.11. The lowest BCUT2D eigenvalue weighted by Crippen LogP contribution is -2.30. The van der Waals surface area contributed by atoms with Gasteiger partial charge in [0.2, 0.25) is 0 Å². The first-order chi connectivity index (χ1) is 7.92. The van der Waals surface area contributed by atoms with Gasteiger partial charge in [-0.3, -0.25) is 0 Å². The smallest absolute Gasteiger partial charge is 0.0931 e. The number of aromatic nitrogens is 2. The number of H-pyrrole nitrogens is 1. The molecule has 0 bridgehead atoms. The second-order valence-electron chi connectivity index (χ2n) is 3.71. The molecule has 0 unspecified atom stereocenters. The van der Waals surface area contributed by atoms with Gasteiger partial charge in [0.05, 0.1) is 30.6 Å². The van der Waals surface area contributed by atoms with E-state index in [-0.39, 0.29) is 0 Å². The minimum atomic E-state index is 0.833. The summed E-state index contributed by atoms with van der Waals surface area (Å²) in [6.07, 6.45) is 1.73. The van der Waals surface area contributed by atoms with Crippen LogP contribution in [0.5, 0.6) is 0 Å². The van der Waals surface area contributed by atoms with Crippen LogP contribution in [0.4, 0.5) is 0 Å². The van der Waals surface area contributed by atoms with Gasteiger partial charge in [-0.2, -0.15) is 0 Å². The lowest BCUT2D eigenvalue weighted by Gasteiger charge is -2.25. The van der Waals surface area contributed by atoms with Crippen LogP contribution in [-0.2, 0) is 4.74 Å². The van der Waals surface area contributed by atoms with Crippen LogP contribution in [-0.4, -0.2) is 40.6 Å². The Morgan fingerprint density at radius 3 is 3.06 bits per heavy atom. The monoisotopic (exact) mass is 235 g/mol. The second-order valence-corrected chi connectivity index (χ2v) is 4.88. The van der Waals surface area contributed by atoms with Crippen LogP contribution in [0, 0.1) is 0 Å². The van der Waals surface area contributed by atoms with E-state index in [4.69, 9.17) is 4.74 Å². The molecular formula is C11H13N3OS. The molecule has 2 heterocycles. The van der Waals surface area contributed by atoms with E-state index >= 15 is 0 Å². The highest BCUT2D eigenvalue weighted by Crippen LogP contribution is 2.25. The first-order valence-corrected chi connectivity index (χ1v) is 6.13.